The van der Waals surface area contributed by atoms with Crippen molar-refractivity contribution in [3.05, 3.63) is 48.2 Å². The monoisotopic (exact) mass is 308 g/mol. The number of aromatic nitrogens is 2. The van der Waals surface area contributed by atoms with Gasteiger partial charge in [0.15, 0.2) is 0 Å². The lowest BCUT2D eigenvalue weighted by atomic mass is 9.86. The second-order valence-corrected chi connectivity index (χ2v) is 7.27. The van der Waals surface area contributed by atoms with Crippen LogP contribution in [0.1, 0.15) is 40.2 Å². The standard InChI is InChI=1S/C20H24N2O/c1-13(2)23-19-16(10-11-18-17(19)12-21-22-18)14-6-8-15(9-7-14)20(3,4)5/h6-13H,1-5H3,(H,21,22). The van der Waals surface area contributed by atoms with Crippen molar-refractivity contribution in [2.45, 2.75) is 46.1 Å². The van der Waals surface area contributed by atoms with Crippen molar-refractivity contribution in [3.8, 4) is 16.9 Å². The van der Waals surface area contributed by atoms with Crippen LogP contribution in [-0.4, -0.2) is 16.3 Å². The Hall–Kier alpha value is -2.29. The number of hydrogen-bond donors (Lipinski definition) is 1. The van der Waals surface area contributed by atoms with Gasteiger partial charge in [0.25, 0.3) is 0 Å². The minimum Gasteiger partial charge on any atom is -0.490 e. The Morgan fingerprint density at radius 1 is 1.00 bits per heavy atom. The Morgan fingerprint density at radius 2 is 1.70 bits per heavy atom. The number of fused-ring (bicyclic) bond motifs is 1. The molecule has 0 fully saturated rings. The van der Waals surface area contributed by atoms with E-state index in [1.54, 1.807) is 0 Å². The summed E-state index contributed by atoms with van der Waals surface area (Å²) < 4.78 is 6.11. The van der Waals surface area contributed by atoms with E-state index in [1.165, 1.54) is 5.56 Å². The van der Waals surface area contributed by atoms with E-state index in [-0.39, 0.29) is 11.5 Å². The van der Waals surface area contributed by atoms with Gasteiger partial charge in [0, 0.05) is 5.56 Å². The fraction of sp³-hybridized carbons (Fsp3) is 0.350. The topological polar surface area (TPSA) is 37.9 Å². The first-order valence-electron chi connectivity index (χ1n) is 8.10. The number of nitrogens with one attached hydrogen (secondary N) is 1. The minimum absolute atomic E-state index is 0.114. The molecule has 0 unspecified atom stereocenters. The van der Waals surface area contributed by atoms with Gasteiger partial charge in [-0.15, -0.1) is 0 Å². The molecule has 0 aliphatic rings. The predicted octanol–water partition coefficient (Wildman–Crippen LogP) is 5.31. The average molecular weight is 308 g/mol. The zero-order valence-electron chi connectivity index (χ0n) is 14.5. The third kappa shape index (κ3) is 3.09. The number of benzene rings is 2. The zero-order chi connectivity index (χ0) is 16.6. The summed E-state index contributed by atoms with van der Waals surface area (Å²) in [6.45, 7) is 10.8. The second kappa shape index (κ2) is 5.73. The van der Waals surface area contributed by atoms with Crippen LogP contribution in [0.3, 0.4) is 0 Å². The Kier molecular flexibility index (Phi) is 3.88. The molecule has 0 radical (unpaired) electrons. The Labute approximate surface area is 137 Å². The first-order valence-corrected chi connectivity index (χ1v) is 8.10. The summed E-state index contributed by atoms with van der Waals surface area (Å²) in [5.41, 5.74) is 4.75. The van der Waals surface area contributed by atoms with Gasteiger partial charge in [-0.05, 0) is 42.5 Å². The third-order valence-electron chi connectivity index (χ3n) is 3.99. The maximum atomic E-state index is 6.11. The molecule has 1 heterocycles. The van der Waals surface area contributed by atoms with Gasteiger partial charge in [0.2, 0.25) is 0 Å². The van der Waals surface area contributed by atoms with Crippen molar-refractivity contribution in [1.82, 2.24) is 10.2 Å². The number of aromatic amines is 1. The SMILES string of the molecule is CC(C)Oc1c(-c2ccc(C(C)(C)C)cc2)ccc2[nH]ncc12. The molecular weight excluding hydrogens is 284 g/mol. The van der Waals surface area contributed by atoms with E-state index in [2.05, 4.69) is 67.4 Å². The van der Waals surface area contributed by atoms with E-state index in [0.29, 0.717) is 0 Å². The van der Waals surface area contributed by atoms with Crippen molar-refractivity contribution in [2.24, 2.45) is 0 Å². The van der Waals surface area contributed by atoms with E-state index in [1.807, 2.05) is 20.0 Å². The molecule has 0 amide bonds. The summed E-state index contributed by atoms with van der Waals surface area (Å²) in [6, 6.07) is 12.9. The molecule has 0 saturated heterocycles. The second-order valence-electron chi connectivity index (χ2n) is 7.27. The van der Waals surface area contributed by atoms with E-state index in [9.17, 15) is 0 Å². The van der Waals surface area contributed by atoms with Gasteiger partial charge in [-0.25, -0.2) is 0 Å². The van der Waals surface area contributed by atoms with Crippen LogP contribution in [0.5, 0.6) is 5.75 Å². The van der Waals surface area contributed by atoms with Gasteiger partial charge in [-0.3, -0.25) is 5.10 Å². The largest absolute Gasteiger partial charge is 0.490 e. The lowest BCUT2D eigenvalue weighted by Crippen LogP contribution is -2.10. The van der Waals surface area contributed by atoms with Crippen LogP contribution >= 0.6 is 0 Å². The van der Waals surface area contributed by atoms with Crippen molar-refractivity contribution in [2.75, 3.05) is 0 Å². The van der Waals surface area contributed by atoms with Gasteiger partial charge in [0.05, 0.1) is 23.2 Å². The lowest BCUT2D eigenvalue weighted by molar-refractivity contribution is 0.246. The first-order chi connectivity index (χ1) is 10.9. The third-order valence-corrected chi connectivity index (χ3v) is 3.99. The van der Waals surface area contributed by atoms with Crippen molar-refractivity contribution < 1.29 is 4.74 Å². The van der Waals surface area contributed by atoms with Crippen LogP contribution in [0.15, 0.2) is 42.6 Å². The molecule has 2 aromatic carbocycles. The molecule has 0 aliphatic heterocycles. The molecule has 0 spiro atoms. The summed E-state index contributed by atoms with van der Waals surface area (Å²) in [4.78, 5) is 0. The van der Waals surface area contributed by atoms with E-state index < -0.39 is 0 Å². The van der Waals surface area contributed by atoms with Gasteiger partial charge >= 0.3 is 0 Å². The molecule has 0 saturated carbocycles. The average Bonchev–Trinajstić information content (AvgIpc) is 2.95. The zero-order valence-corrected chi connectivity index (χ0v) is 14.5. The maximum absolute atomic E-state index is 6.11. The predicted molar refractivity (Wildman–Crippen MR) is 96.0 cm³/mol. The fourth-order valence-electron chi connectivity index (χ4n) is 2.73. The smallest absolute Gasteiger partial charge is 0.138 e. The van der Waals surface area contributed by atoms with E-state index in [0.717, 1.165) is 27.8 Å². The van der Waals surface area contributed by atoms with Crippen LogP contribution in [0, 0.1) is 0 Å². The van der Waals surface area contributed by atoms with Gasteiger partial charge in [-0.2, -0.15) is 5.10 Å². The Bertz CT molecular complexity index is 808. The Balaban J connectivity index is 2.11. The number of H-pyrrole nitrogens is 1. The van der Waals surface area contributed by atoms with Gasteiger partial charge in [-0.1, -0.05) is 45.0 Å². The minimum atomic E-state index is 0.114. The number of ether oxygens (including phenoxy) is 1. The van der Waals surface area contributed by atoms with E-state index in [4.69, 9.17) is 4.74 Å². The molecule has 1 N–H and O–H groups in total. The van der Waals surface area contributed by atoms with Crippen LogP contribution < -0.4 is 4.74 Å². The normalized spacial score (nSPS) is 12.1. The number of nitrogens with zero attached hydrogens (tertiary/aromatic N) is 1. The Morgan fingerprint density at radius 3 is 2.30 bits per heavy atom. The molecule has 0 aliphatic carbocycles. The molecule has 0 bridgehead atoms. The van der Waals surface area contributed by atoms with Crippen LogP contribution in [0.4, 0.5) is 0 Å². The molecule has 120 valence electrons. The summed E-state index contributed by atoms with van der Waals surface area (Å²) in [6.07, 6.45) is 1.95. The van der Waals surface area contributed by atoms with E-state index >= 15 is 0 Å². The summed E-state index contributed by atoms with van der Waals surface area (Å²) in [5.74, 6) is 0.898. The molecule has 23 heavy (non-hydrogen) atoms. The molecule has 3 rings (SSSR count). The molecule has 0 atom stereocenters. The highest BCUT2D eigenvalue weighted by Gasteiger charge is 2.16. The quantitative estimate of drug-likeness (QED) is 0.711. The van der Waals surface area contributed by atoms with Gasteiger partial charge in [0.1, 0.15) is 5.75 Å². The number of rotatable bonds is 3. The van der Waals surface area contributed by atoms with Crippen LogP contribution in [0.25, 0.3) is 22.0 Å². The fourth-order valence-corrected chi connectivity index (χ4v) is 2.73. The highest BCUT2D eigenvalue weighted by Crippen LogP contribution is 2.37. The molecule has 3 aromatic rings. The highest BCUT2D eigenvalue weighted by molar-refractivity contribution is 5.92. The molecular formula is C20H24N2O. The maximum Gasteiger partial charge on any atom is 0.138 e. The van der Waals surface area contributed by atoms with Crippen molar-refractivity contribution in [1.29, 1.82) is 0 Å². The highest BCUT2D eigenvalue weighted by atomic mass is 16.5. The molecule has 3 nitrogen and oxygen atoms in total. The van der Waals surface area contributed by atoms with Gasteiger partial charge < -0.3 is 4.74 Å². The van der Waals surface area contributed by atoms with Crippen LogP contribution in [0.2, 0.25) is 0 Å². The summed E-state index contributed by atoms with van der Waals surface area (Å²) >= 11 is 0. The van der Waals surface area contributed by atoms with Crippen molar-refractivity contribution in [3.63, 3.8) is 0 Å². The number of hydrogen-bond acceptors (Lipinski definition) is 2. The summed E-state index contributed by atoms with van der Waals surface area (Å²) in [5, 5.41) is 8.18. The summed E-state index contributed by atoms with van der Waals surface area (Å²) in [7, 11) is 0. The molecule has 3 heteroatoms. The first kappa shape index (κ1) is 15.6. The molecule has 1 aromatic heterocycles. The van der Waals surface area contributed by atoms with Crippen molar-refractivity contribution >= 4 is 10.9 Å². The lowest BCUT2D eigenvalue weighted by Gasteiger charge is -2.20. The van der Waals surface area contributed by atoms with Crippen LogP contribution in [-0.2, 0) is 5.41 Å².